The third-order valence-electron chi connectivity index (χ3n) is 3.99. The van der Waals surface area contributed by atoms with Crippen LogP contribution in [0.4, 0.5) is 0 Å². The van der Waals surface area contributed by atoms with E-state index in [1.807, 2.05) is 4.90 Å². The minimum Gasteiger partial charge on any atom is -0.370 e. The van der Waals surface area contributed by atoms with Crippen LogP contribution in [0, 0.1) is 0 Å². The first-order valence-electron chi connectivity index (χ1n) is 7.60. The molecule has 0 radical (unpaired) electrons. The van der Waals surface area contributed by atoms with E-state index in [1.165, 1.54) is 25.7 Å². The van der Waals surface area contributed by atoms with E-state index >= 15 is 0 Å². The summed E-state index contributed by atoms with van der Waals surface area (Å²) in [7, 11) is 0. The second-order valence-corrected chi connectivity index (χ2v) is 5.48. The van der Waals surface area contributed by atoms with E-state index in [4.69, 9.17) is 5.73 Å². The predicted octanol–water partition coefficient (Wildman–Crippen LogP) is 1.81. The van der Waals surface area contributed by atoms with E-state index in [9.17, 15) is 4.79 Å². The molecule has 20 heavy (non-hydrogen) atoms. The monoisotopic (exact) mass is 394 g/mol. The average molecular weight is 394 g/mol. The number of carbonyl (C=O) groups is 1. The summed E-state index contributed by atoms with van der Waals surface area (Å²) < 4.78 is 0. The van der Waals surface area contributed by atoms with Crippen molar-refractivity contribution < 1.29 is 4.79 Å². The lowest BCUT2D eigenvalue weighted by Gasteiger charge is -2.21. The molecule has 2 aliphatic heterocycles. The summed E-state index contributed by atoms with van der Waals surface area (Å²) >= 11 is 0. The molecular weight excluding hydrogens is 367 g/mol. The number of nitrogens with zero attached hydrogens (tertiary/aromatic N) is 3. The zero-order chi connectivity index (χ0) is 13.5. The van der Waals surface area contributed by atoms with Crippen LogP contribution in [0.25, 0.3) is 0 Å². The first-order valence-corrected chi connectivity index (χ1v) is 7.60. The SMILES string of the molecule is I.NC(=NCCC(=O)N1CCCC1)N1CCCCCC1. The molecule has 0 aromatic rings. The molecule has 2 fully saturated rings. The molecule has 116 valence electrons. The van der Waals surface area contributed by atoms with Crippen LogP contribution in [0.1, 0.15) is 44.9 Å². The zero-order valence-corrected chi connectivity index (χ0v) is 14.6. The van der Waals surface area contributed by atoms with Gasteiger partial charge in [0.1, 0.15) is 0 Å². The number of amides is 1. The first kappa shape index (κ1) is 17.5. The fraction of sp³-hybridized carbons (Fsp3) is 0.857. The Morgan fingerprint density at radius 3 is 2.00 bits per heavy atom. The lowest BCUT2D eigenvalue weighted by atomic mass is 10.2. The van der Waals surface area contributed by atoms with E-state index in [-0.39, 0.29) is 29.9 Å². The molecule has 2 heterocycles. The molecule has 0 aromatic heterocycles. The van der Waals surface area contributed by atoms with Gasteiger partial charge in [-0.15, -0.1) is 24.0 Å². The molecule has 0 aromatic carbocycles. The van der Waals surface area contributed by atoms with Crippen molar-refractivity contribution in [1.29, 1.82) is 0 Å². The van der Waals surface area contributed by atoms with E-state index in [0.717, 1.165) is 39.0 Å². The van der Waals surface area contributed by atoms with Crippen molar-refractivity contribution in [3.8, 4) is 0 Å². The van der Waals surface area contributed by atoms with Crippen molar-refractivity contribution in [1.82, 2.24) is 9.80 Å². The van der Waals surface area contributed by atoms with E-state index < -0.39 is 0 Å². The lowest BCUT2D eigenvalue weighted by Crippen LogP contribution is -2.38. The van der Waals surface area contributed by atoms with E-state index in [1.54, 1.807) is 0 Å². The second kappa shape index (κ2) is 9.41. The number of hydrogen-bond acceptors (Lipinski definition) is 2. The Morgan fingerprint density at radius 2 is 1.40 bits per heavy atom. The minimum absolute atomic E-state index is 0. The Balaban J connectivity index is 0.00000200. The fourth-order valence-corrected chi connectivity index (χ4v) is 2.79. The molecule has 5 nitrogen and oxygen atoms in total. The Morgan fingerprint density at radius 1 is 0.900 bits per heavy atom. The van der Waals surface area contributed by atoms with Crippen molar-refractivity contribution in [3.63, 3.8) is 0 Å². The normalized spacial score (nSPS) is 20.5. The maximum Gasteiger partial charge on any atom is 0.224 e. The standard InChI is InChI=1S/C14H26N4O.HI/c15-14(18-11-3-1-2-4-12-18)16-8-7-13(19)17-9-5-6-10-17;/h1-12H2,(H2,15,16);1H. The molecule has 6 heteroatoms. The molecule has 2 N–H and O–H groups in total. The fourth-order valence-electron chi connectivity index (χ4n) is 2.79. The van der Waals surface area contributed by atoms with Crippen molar-refractivity contribution >= 4 is 35.8 Å². The van der Waals surface area contributed by atoms with Gasteiger partial charge in [-0.3, -0.25) is 9.79 Å². The number of halogens is 1. The minimum atomic E-state index is 0. The van der Waals surface area contributed by atoms with Crippen LogP contribution in [-0.2, 0) is 4.79 Å². The number of carbonyl (C=O) groups excluding carboxylic acids is 1. The molecule has 0 unspecified atom stereocenters. The number of rotatable bonds is 3. The molecule has 0 aliphatic carbocycles. The molecule has 2 rings (SSSR count). The molecule has 0 spiro atoms. The van der Waals surface area contributed by atoms with Crippen LogP contribution in [-0.4, -0.2) is 54.4 Å². The van der Waals surface area contributed by atoms with Crippen LogP contribution in [0.3, 0.4) is 0 Å². The van der Waals surface area contributed by atoms with Gasteiger partial charge in [0.25, 0.3) is 0 Å². The summed E-state index contributed by atoms with van der Waals surface area (Å²) in [5.74, 6) is 0.848. The van der Waals surface area contributed by atoms with Gasteiger partial charge in [0.05, 0.1) is 6.54 Å². The van der Waals surface area contributed by atoms with Crippen molar-refractivity contribution in [2.24, 2.45) is 10.7 Å². The molecular formula is C14H27IN4O. The van der Waals surface area contributed by atoms with Crippen LogP contribution in [0.15, 0.2) is 4.99 Å². The average Bonchev–Trinajstić information content (AvgIpc) is 2.81. The van der Waals surface area contributed by atoms with Gasteiger partial charge in [0, 0.05) is 32.6 Å². The largest absolute Gasteiger partial charge is 0.370 e. The second-order valence-electron chi connectivity index (χ2n) is 5.48. The Hall–Kier alpha value is -0.530. The van der Waals surface area contributed by atoms with Crippen LogP contribution in [0.2, 0.25) is 0 Å². The van der Waals surface area contributed by atoms with E-state index in [2.05, 4.69) is 9.89 Å². The molecule has 0 atom stereocenters. The van der Waals surface area contributed by atoms with Crippen molar-refractivity contribution in [2.75, 3.05) is 32.7 Å². The molecule has 0 bridgehead atoms. The highest BCUT2D eigenvalue weighted by Crippen LogP contribution is 2.10. The number of guanidine groups is 1. The van der Waals surface area contributed by atoms with Crippen LogP contribution < -0.4 is 5.73 Å². The van der Waals surface area contributed by atoms with Crippen molar-refractivity contribution in [2.45, 2.75) is 44.9 Å². The number of aliphatic imine (C=N–C) groups is 1. The lowest BCUT2D eigenvalue weighted by molar-refractivity contribution is -0.129. The highest BCUT2D eigenvalue weighted by Gasteiger charge is 2.17. The number of likely N-dealkylation sites (tertiary alicyclic amines) is 2. The smallest absolute Gasteiger partial charge is 0.224 e. The quantitative estimate of drug-likeness (QED) is 0.451. The summed E-state index contributed by atoms with van der Waals surface area (Å²) in [6.45, 7) is 4.39. The topological polar surface area (TPSA) is 61.9 Å². The van der Waals surface area contributed by atoms with Crippen molar-refractivity contribution in [3.05, 3.63) is 0 Å². The van der Waals surface area contributed by atoms with Gasteiger partial charge in [0.2, 0.25) is 5.91 Å². The van der Waals surface area contributed by atoms with E-state index in [0.29, 0.717) is 18.9 Å². The first-order chi connectivity index (χ1) is 9.27. The van der Waals surface area contributed by atoms with Gasteiger partial charge >= 0.3 is 0 Å². The summed E-state index contributed by atoms with van der Waals surface area (Å²) in [6, 6.07) is 0. The van der Waals surface area contributed by atoms with Gasteiger partial charge in [-0.2, -0.15) is 0 Å². The maximum absolute atomic E-state index is 11.9. The number of hydrogen-bond donors (Lipinski definition) is 1. The molecule has 0 saturated carbocycles. The highest BCUT2D eigenvalue weighted by atomic mass is 127. The molecule has 2 aliphatic rings. The van der Waals surface area contributed by atoms with Gasteiger partial charge in [-0.05, 0) is 25.7 Å². The Kier molecular flexibility index (Phi) is 8.25. The molecule has 1 amide bonds. The zero-order valence-electron chi connectivity index (χ0n) is 12.2. The Labute approximate surface area is 139 Å². The summed E-state index contributed by atoms with van der Waals surface area (Å²) in [5.41, 5.74) is 6.01. The predicted molar refractivity (Wildman–Crippen MR) is 92.4 cm³/mol. The summed E-state index contributed by atoms with van der Waals surface area (Å²) in [6.07, 6.45) is 7.75. The van der Waals surface area contributed by atoms with Gasteiger partial charge in [-0.25, -0.2) is 0 Å². The maximum atomic E-state index is 11.9. The third kappa shape index (κ3) is 5.46. The summed E-state index contributed by atoms with van der Waals surface area (Å²) in [5, 5.41) is 0. The summed E-state index contributed by atoms with van der Waals surface area (Å²) in [4.78, 5) is 20.3. The van der Waals surface area contributed by atoms with Gasteiger partial charge in [-0.1, -0.05) is 12.8 Å². The van der Waals surface area contributed by atoms with Gasteiger partial charge in [0.15, 0.2) is 5.96 Å². The highest BCUT2D eigenvalue weighted by molar-refractivity contribution is 14.0. The molecule has 2 saturated heterocycles. The van der Waals surface area contributed by atoms with Crippen LogP contribution in [0.5, 0.6) is 0 Å². The number of nitrogens with two attached hydrogens (primary N) is 1. The third-order valence-corrected chi connectivity index (χ3v) is 3.99. The van der Waals surface area contributed by atoms with Gasteiger partial charge < -0.3 is 15.5 Å². The Bertz CT molecular complexity index is 321. The van der Waals surface area contributed by atoms with Crippen LogP contribution >= 0.6 is 24.0 Å².